The zero-order valence-corrected chi connectivity index (χ0v) is 11.1. The quantitative estimate of drug-likeness (QED) is 0.874. The molecule has 7 heteroatoms. The molecule has 2 aromatic rings. The number of carbonyl (C=O) groups is 1. The number of nitrogen functional groups attached to an aromatic ring is 1. The van der Waals surface area contributed by atoms with Gasteiger partial charge in [0, 0.05) is 0 Å². The highest BCUT2D eigenvalue weighted by Gasteiger charge is 2.21. The van der Waals surface area contributed by atoms with Crippen LogP contribution in [0.25, 0.3) is 10.6 Å². The molecule has 0 saturated carbocycles. The Morgan fingerprint density at radius 1 is 1.42 bits per heavy atom. The molecule has 0 radical (unpaired) electrons. The first-order chi connectivity index (χ1) is 9.08. The van der Waals surface area contributed by atoms with Gasteiger partial charge in [0.05, 0.1) is 19.8 Å². The Bertz CT molecular complexity index is 627. The largest absolute Gasteiger partial charge is 0.496 e. The number of nitrogens with two attached hydrogens (primary N) is 1. The average molecular weight is 282 g/mol. The van der Waals surface area contributed by atoms with Crippen LogP contribution in [0.3, 0.4) is 0 Å². The SMILES string of the molecule is COC(=O)c1nc(-c2c(F)cccc2OC)sc1N. The summed E-state index contributed by atoms with van der Waals surface area (Å²) in [5.74, 6) is -0.829. The number of rotatable bonds is 3. The number of carbonyl (C=O) groups excluding carboxylic acids is 1. The summed E-state index contributed by atoms with van der Waals surface area (Å²) < 4.78 is 23.5. The van der Waals surface area contributed by atoms with Gasteiger partial charge < -0.3 is 15.2 Å². The molecule has 0 atom stereocenters. The van der Waals surface area contributed by atoms with Gasteiger partial charge in [-0.1, -0.05) is 17.4 Å². The molecule has 0 fully saturated rings. The summed E-state index contributed by atoms with van der Waals surface area (Å²) >= 11 is 1.00. The number of esters is 1. The molecule has 2 rings (SSSR count). The molecule has 1 heterocycles. The van der Waals surface area contributed by atoms with Crippen LogP contribution in [-0.4, -0.2) is 25.2 Å². The smallest absolute Gasteiger partial charge is 0.359 e. The van der Waals surface area contributed by atoms with Crippen molar-refractivity contribution in [2.45, 2.75) is 0 Å². The third-order valence-corrected chi connectivity index (χ3v) is 3.34. The van der Waals surface area contributed by atoms with Gasteiger partial charge in [-0.05, 0) is 12.1 Å². The Kier molecular flexibility index (Phi) is 3.66. The number of halogens is 1. The number of nitrogens with zero attached hydrogens (tertiary/aromatic N) is 1. The molecule has 0 amide bonds. The van der Waals surface area contributed by atoms with E-state index in [0.29, 0.717) is 5.75 Å². The first-order valence-electron chi connectivity index (χ1n) is 5.26. The first kappa shape index (κ1) is 13.3. The van der Waals surface area contributed by atoms with Crippen molar-refractivity contribution in [1.29, 1.82) is 0 Å². The molecule has 0 spiro atoms. The van der Waals surface area contributed by atoms with E-state index in [1.54, 1.807) is 6.07 Å². The Morgan fingerprint density at radius 3 is 2.79 bits per heavy atom. The lowest BCUT2D eigenvalue weighted by Crippen LogP contribution is -2.04. The molecule has 1 aromatic heterocycles. The van der Waals surface area contributed by atoms with Gasteiger partial charge in [-0.3, -0.25) is 0 Å². The maximum absolute atomic E-state index is 13.9. The number of aromatic nitrogens is 1. The molecular formula is C12H11FN2O3S. The van der Waals surface area contributed by atoms with E-state index in [1.807, 2.05) is 0 Å². The molecule has 0 bridgehead atoms. The topological polar surface area (TPSA) is 74.4 Å². The molecule has 0 saturated heterocycles. The normalized spacial score (nSPS) is 10.3. The van der Waals surface area contributed by atoms with E-state index in [9.17, 15) is 9.18 Å². The maximum Gasteiger partial charge on any atom is 0.359 e. The van der Waals surface area contributed by atoms with Crippen molar-refractivity contribution < 1.29 is 18.7 Å². The molecule has 0 aliphatic carbocycles. The maximum atomic E-state index is 13.9. The fourth-order valence-corrected chi connectivity index (χ4v) is 2.43. The van der Waals surface area contributed by atoms with Crippen LogP contribution in [-0.2, 0) is 4.74 Å². The predicted molar refractivity (Wildman–Crippen MR) is 69.8 cm³/mol. The van der Waals surface area contributed by atoms with E-state index in [4.69, 9.17) is 10.5 Å². The number of hydrogen-bond donors (Lipinski definition) is 1. The van der Waals surface area contributed by atoms with Crippen LogP contribution in [0.2, 0.25) is 0 Å². The van der Waals surface area contributed by atoms with Crippen LogP contribution < -0.4 is 10.5 Å². The molecule has 19 heavy (non-hydrogen) atoms. The number of ether oxygens (including phenoxy) is 2. The van der Waals surface area contributed by atoms with Crippen molar-refractivity contribution in [1.82, 2.24) is 4.98 Å². The lowest BCUT2D eigenvalue weighted by molar-refractivity contribution is 0.0596. The van der Waals surface area contributed by atoms with Crippen LogP contribution in [0.5, 0.6) is 5.75 Å². The Balaban J connectivity index is 2.57. The molecule has 100 valence electrons. The third-order valence-electron chi connectivity index (χ3n) is 2.44. The Morgan fingerprint density at radius 2 is 2.16 bits per heavy atom. The van der Waals surface area contributed by atoms with Gasteiger partial charge >= 0.3 is 5.97 Å². The first-order valence-corrected chi connectivity index (χ1v) is 6.07. The monoisotopic (exact) mass is 282 g/mol. The Hall–Kier alpha value is -2.15. The molecule has 0 aliphatic rings. The summed E-state index contributed by atoms with van der Waals surface area (Å²) in [6.07, 6.45) is 0. The highest BCUT2D eigenvalue weighted by molar-refractivity contribution is 7.19. The van der Waals surface area contributed by atoms with Crippen LogP contribution in [0.4, 0.5) is 9.39 Å². The number of anilines is 1. The van der Waals surface area contributed by atoms with Gasteiger partial charge in [-0.2, -0.15) is 0 Å². The van der Waals surface area contributed by atoms with Crippen molar-refractivity contribution in [3.05, 3.63) is 29.7 Å². The molecule has 1 aromatic carbocycles. The number of thiazole rings is 1. The summed E-state index contributed by atoms with van der Waals surface area (Å²) in [7, 11) is 2.65. The van der Waals surface area contributed by atoms with Crippen LogP contribution >= 0.6 is 11.3 Å². The van der Waals surface area contributed by atoms with Crippen LogP contribution in [0.15, 0.2) is 18.2 Å². The zero-order valence-electron chi connectivity index (χ0n) is 10.3. The molecular weight excluding hydrogens is 271 g/mol. The van der Waals surface area contributed by atoms with Crippen molar-refractivity contribution in [2.24, 2.45) is 0 Å². The van der Waals surface area contributed by atoms with Gasteiger partial charge in [0.2, 0.25) is 0 Å². The molecule has 0 unspecified atom stereocenters. The van der Waals surface area contributed by atoms with E-state index >= 15 is 0 Å². The van der Waals surface area contributed by atoms with Crippen molar-refractivity contribution in [3.8, 4) is 16.3 Å². The minimum atomic E-state index is -0.657. The fraction of sp³-hybridized carbons (Fsp3) is 0.167. The zero-order chi connectivity index (χ0) is 14.0. The summed E-state index contributed by atoms with van der Waals surface area (Å²) in [5.41, 5.74) is 5.85. The molecule has 5 nitrogen and oxygen atoms in total. The second-order valence-electron chi connectivity index (χ2n) is 3.54. The minimum Gasteiger partial charge on any atom is -0.496 e. The third kappa shape index (κ3) is 2.37. The van der Waals surface area contributed by atoms with Gasteiger partial charge in [-0.15, -0.1) is 0 Å². The highest BCUT2D eigenvalue weighted by atomic mass is 32.1. The van der Waals surface area contributed by atoms with Crippen LogP contribution in [0.1, 0.15) is 10.5 Å². The highest BCUT2D eigenvalue weighted by Crippen LogP contribution is 2.37. The van der Waals surface area contributed by atoms with Gasteiger partial charge in [0.25, 0.3) is 0 Å². The van der Waals surface area contributed by atoms with Crippen molar-refractivity contribution >= 4 is 22.3 Å². The van der Waals surface area contributed by atoms with Crippen molar-refractivity contribution in [2.75, 3.05) is 20.0 Å². The lowest BCUT2D eigenvalue weighted by atomic mass is 10.2. The van der Waals surface area contributed by atoms with E-state index in [-0.39, 0.29) is 21.3 Å². The van der Waals surface area contributed by atoms with Gasteiger partial charge in [-0.25, -0.2) is 14.2 Å². The number of benzene rings is 1. The second-order valence-corrected chi connectivity index (χ2v) is 4.57. The van der Waals surface area contributed by atoms with E-state index < -0.39 is 11.8 Å². The second kappa shape index (κ2) is 5.23. The predicted octanol–water partition coefficient (Wildman–Crippen LogP) is 2.33. The lowest BCUT2D eigenvalue weighted by Gasteiger charge is -2.06. The molecule has 0 aliphatic heterocycles. The van der Waals surface area contributed by atoms with E-state index in [1.165, 1.54) is 26.4 Å². The fourth-order valence-electron chi connectivity index (χ4n) is 1.56. The van der Waals surface area contributed by atoms with Crippen molar-refractivity contribution in [3.63, 3.8) is 0 Å². The summed E-state index contributed by atoms with van der Waals surface area (Å²) in [4.78, 5) is 15.5. The number of methoxy groups -OCH3 is 2. The van der Waals surface area contributed by atoms with E-state index in [0.717, 1.165) is 11.3 Å². The molecule has 2 N–H and O–H groups in total. The number of hydrogen-bond acceptors (Lipinski definition) is 6. The van der Waals surface area contributed by atoms with Gasteiger partial charge in [0.15, 0.2) is 5.69 Å². The standard InChI is InChI=1S/C12H11FN2O3S/c1-17-7-5-3-4-6(13)8(7)11-15-9(10(14)19-11)12(16)18-2/h3-5H,14H2,1-2H3. The van der Waals surface area contributed by atoms with Gasteiger partial charge in [0.1, 0.15) is 21.6 Å². The summed E-state index contributed by atoms with van der Waals surface area (Å²) in [6, 6.07) is 4.41. The summed E-state index contributed by atoms with van der Waals surface area (Å²) in [5, 5.41) is 0.444. The van der Waals surface area contributed by atoms with Crippen LogP contribution in [0, 0.1) is 5.82 Å². The summed E-state index contributed by atoms with van der Waals surface area (Å²) in [6.45, 7) is 0. The average Bonchev–Trinajstić information content (AvgIpc) is 2.79. The minimum absolute atomic E-state index is 0.0205. The van der Waals surface area contributed by atoms with E-state index in [2.05, 4.69) is 9.72 Å². The Labute approximate surface area is 112 Å².